The predicted octanol–water partition coefficient (Wildman–Crippen LogP) is 4.22. The number of amides is 2. The highest BCUT2D eigenvalue weighted by molar-refractivity contribution is 6.06. The third-order valence-electron chi connectivity index (χ3n) is 8.71. The average molecular weight is 546 g/mol. The minimum absolute atomic E-state index is 0.0439. The number of carbonyl (C=O) groups excluding carboxylic acids is 3. The van der Waals surface area contributed by atoms with Crippen molar-refractivity contribution >= 4 is 34.3 Å². The SMILES string of the molecule is CC1(C)CC(=O)n2c(c(-c3ccc(C(N)=O)c(NC4CCC(NC(=O)C5CNC5)CC4)c3)c3ccc(F)cc32)C1. The van der Waals surface area contributed by atoms with Gasteiger partial charge in [-0.25, -0.2) is 4.39 Å². The van der Waals surface area contributed by atoms with Crippen molar-refractivity contribution in [1.29, 1.82) is 0 Å². The summed E-state index contributed by atoms with van der Waals surface area (Å²) < 4.78 is 16.0. The maximum atomic E-state index is 14.3. The first-order valence-electron chi connectivity index (χ1n) is 14.2. The minimum atomic E-state index is -0.522. The molecule has 3 aromatic rings. The van der Waals surface area contributed by atoms with Crippen molar-refractivity contribution in [2.75, 3.05) is 18.4 Å². The zero-order valence-corrected chi connectivity index (χ0v) is 23.0. The maximum absolute atomic E-state index is 14.3. The highest BCUT2D eigenvalue weighted by Crippen LogP contribution is 2.43. The van der Waals surface area contributed by atoms with Gasteiger partial charge in [0.2, 0.25) is 11.8 Å². The minimum Gasteiger partial charge on any atom is -0.382 e. The molecule has 1 saturated heterocycles. The van der Waals surface area contributed by atoms with E-state index >= 15 is 0 Å². The summed E-state index contributed by atoms with van der Waals surface area (Å²) in [6.45, 7) is 5.63. The Morgan fingerprint density at radius 1 is 1.02 bits per heavy atom. The van der Waals surface area contributed by atoms with Gasteiger partial charge >= 0.3 is 0 Å². The molecule has 3 aliphatic rings. The molecular formula is C31H36FN5O3. The summed E-state index contributed by atoms with van der Waals surface area (Å²) in [5.41, 5.74) is 9.73. The van der Waals surface area contributed by atoms with Gasteiger partial charge in [-0.05, 0) is 73.4 Å². The lowest BCUT2D eigenvalue weighted by Gasteiger charge is -2.33. The van der Waals surface area contributed by atoms with Crippen molar-refractivity contribution < 1.29 is 18.8 Å². The fraction of sp³-hybridized carbons (Fsp3) is 0.452. The molecule has 0 spiro atoms. The molecule has 8 nitrogen and oxygen atoms in total. The van der Waals surface area contributed by atoms with E-state index in [1.54, 1.807) is 16.7 Å². The van der Waals surface area contributed by atoms with Gasteiger partial charge in [0, 0.05) is 53.9 Å². The highest BCUT2D eigenvalue weighted by atomic mass is 19.1. The van der Waals surface area contributed by atoms with E-state index in [0.29, 0.717) is 29.6 Å². The van der Waals surface area contributed by atoms with E-state index in [4.69, 9.17) is 5.73 Å². The number of nitrogens with one attached hydrogen (secondary N) is 3. The molecule has 0 bridgehead atoms. The third kappa shape index (κ3) is 4.87. The van der Waals surface area contributed by atoms with E-state index in [9.17, 15) is 18.8 Å². The summed E-state index contributed by atoms with van der Waals surface area (Å²) in [6.07, 6.45) is 4.46. The largest absolute Gasteiger partial charge is 0.382 e. The Morgan fingerprint density at radius 3 is 2.42 bits per heavy atom. The molecule has 0 atom stereocenters. The number of hydrogen-bond donors (Lipinski definition) is 4. The number of anilines is 1. The second-order valence-electron chi connectivity index (χ2n) is 12.4. The number of halogens is 1. The molecule has 0 radical (unpaired) electrons. The van der Waals surface area contributed by atoms with Crippen LogP contribution >= 0.6 is 0 Å². The van der Waals surface area contributed by atoms with Gasteiger partial charge in [-0.15, -0.1) is 0 Å². The van der Waals surface area contributed by atoms with Crippen LogP contribution in [0.1, 0.15) is 66.8 Å². The van der Waals surface area contributed by atoms with Crippen LogP contribution in [-0.4, -0.2) is 47.5 Å². The van der Waals surface area contributed by atoms with Gasteiger partial charge in [0.25, 0.3) is 5.91 Å². The number of nitrogens with zero attached hydrogens (tertiary/aromatic N) is 1. The van der Waals surface area contributed by atoms with Crippen molar-refractivity contribution in [2.45, 2.75) is 64.5 Å². The summed E-state index contributed by atoms with van der Waals surface area (Å²) in [6, 6.07) is 10.4. The van der Waals surface area contributed by atoms with Crippen LogP contribution in [0.5, 0.6) is 0 Å². The monoisotopic (exact) mass is 545 g/mol. The van der Waals surface area contributed by atoms with Crippen molar-refractivity contribution in [3.05, 3.63) is 53.5 Å². The molecule has 40 heavy (non-hydrogen) atoms. The number of rotatable bonds is 6. The van der Waals surface area contributed by atoms with E-state index in [1.165, 1.54) is 12.1 Å². The molecule has 2 amide bonds. The Morgan fingerprint density at radius 2 is 1.75 bits per heavy atom. The molecular weight excluding hydrogens is 509 g/mol. The molecule has 1 aliphatic carbocycles. The van der Waals surface area contributed by atoms with E-state index in [-0.39, 0.29) is 41.0 Å². The van der Waals surface area contributed by atoms with Crippen LogP contribution < -0.4 is 21.7 Å². The number of carbonyl (C=O) groups is 3. The molecule has 1 saturated carbocycles. The van der Waals surface area contributed by atoms with Crippen molar-refractivity contribution in [3.63, 3.8) is 0 Å². The molecule has 1 aromatic heterocycles. The first kappa shape index (κ1) is 26.5. The Kier molecular flexibility index (Phi) is 6.65. The number of benzene rings is 2. The predicted molar refractivity (Wildman–Crippen MR) is 153 cm³/mol. The van der Waals surface area contributed by atoms with Crippen LogP contribution in [0.15, 0.2) is 36.4 Å². The van der Waals surface area contributed by atoms with Gasteiger partial charge in [-0.1, -0.05) is 19.9 Å². The van der Waals surface area contributed by atoms with E-state index < -0.39 is 5.91 Å². The summed E-state index contributed by atoms with van der Waals surface area (Å²) in [4.78, 5) is 38.0. The number of fused-ring (bicyclic) bond motifs is 3. The Balaban J connectivity index is 1.31. The molecule has 2 aliphatic heterocycles. The second kappa shape index (κ2) is 10.0. The van der Waals surface area contributed by atoms with Gasteiger partial charge < -0.3 is 21.7 Å². The van der Waals surface area contributed by atoms with Gasteiger partial charge in [0.15, 0.2) is 0 Å². The Hall–Kier alpha value is -3.72. The van der Waals surface area contributed by atoms with Gasteiger partial charge in [0.05, 0.1) is 17.0 Å². The van der Waals surface area contributed by atoms with Crippen LogP contribution in [0, 0.1) is 17.2 Å². The summed E-state index contributed by atoms with van der Waals surface area (Å²) in [5, 5.41) is 10.7. The number of aromatic nitrogens is 1. The molecule has 5 N–H and O–H groups in total. The van der Waals surface area contributed by atoms with Crippen molar-refractivity contribution in [1.82, 2.24) is 15.2 Å². The van der Waals surface area contributed by atoms with Crippen LogP contribution in [-0.2, 0) is 11.2 Å². The van der Waals surface area contributed by atoms with Crippen LogP contribution in [0.4, 0.5) is 10.1 Å². The van der Waals surface area contributed by atoms with Crippen LogP contribution in [0.25, 0.3) is 22.0 Å². The number of primary amides is 1. The normalized spacial score (nSPS) is 22.4. The first-order chi connectivity index (χ1) is 19.1. The lowest BCUT2D eigenvalue weighted by molar-refractivity contribution is -0.127. The molecule has 2 aromatic carbocycles. The number of hydrogen-bond acceptors (Lipinski definition) is 5. The third-order valence-corrected chi connectivity index (χ3v) is 8.71. The molecule has 6 rings (SSSR count). The fourth-order valence-electron chi connectivity index (χ4n) is 6.52. The lowest BCUT2D eigenvalue weighted by atomic mass is 9.80. The van der Waals surface area contributed by atoms with E-state index in [2.05, 4.69) is 29.8 Å². The number of nitrogens with two attached hydrogens (primary N) is 1. The highest BCUT2D eigenvalue weighted by Gasteiger charge is 2.35. The van der Waals surface area contributed by atoms with Gasteiger partial charge in [0.1, 0.15) is 5.82 Å². The lowest BCUT2D eigenvalue weighted by Crippen LogP contribution is -2.53. The molecule has 9 heteroatoms. The molecule has 210 valence electrons. The smallest absolute Gasteiger partial charge is 0.250 e. The zero-order chi connectivity index (χ0) is 28.2. The summed E-state index contributed by atoms with van der Waals surface area (Å²) >= 11 is 0. The molecule has 0 unspecified atom stereocenters. The second-order valence-corrected chi connectivity index (χ2v) is 12.4. The topological polar surface area (TPSA) is 118 Å². The van der Waals surface area contributed by atoms with Crippen molar-refractivity contribution in [2.24, 2.45) is 17.1 Å². The van der Waals surface area contributed by atoms with Gasteiger partial charge in [-0.2, -0.15) is 0 Å². The van der Waals surface area contributed by atoms with E-state index in [1.807, 2.05) is 12.1 Å². The van der Waals surface area contributed by atoms with E-state index in [0.717, 1.165) is 61.0 Å². The fourth-order valence-corrected chi connectivity index (χ4v) is 6.52. The summed E-state index contributed by atoms with van der Waals surface area (Å²) in [7, 11) is 0. The van der Waals surface area contributed by atoms with Crippen LogP contribution in [0.3, 0.4) is 0 Å². The van der Waals surface area contributed by atoms with Crippen LogP contribution in [0.2, 0.25) is 0 Å². The average Bonchev–Trinajstić information content (AvgIpc) is 3.16. The maximum Gasteiger partial charge on any atom is 0.250 e. The Labute approximate surface area is 232 Å². The quantitative estimate of drug-likeness (QED) is 0.370. The zero-order valence-electron chi connectivity index (χ0n) is 23.0. The molecule has 3 heterocycles. The van der Waals surface area contributed by atoms with Crippen molar-refractivity contribution in [3.8, 4) is 11.1 Å². The first-order valence-corrected chi connectivity index (χ1v) is 14.2. The summed E-state index contributed by atoms with van der Waals surface area (Å²) in [5.74, 6) is -0.753. The molecule has 2 fully saturated rings. The van der Waals surface area contributed by atoms with Gasteiger partial charge in [-0.3, -0.25) is 19.0 Å². The Bertz CT molecular complexity index is 1510. The standard InChI is InChI=1S/C31H36FN5O3/c1-31(2)13-26-28(23-10-4-19(32)12-25(23)37(26)27(38)14-31)17-3-9-22(29(33)39)24(11-17)35-20-5-7-21(8-6-20)36-30(40)18-15-34-16-18/h3-4,9-12,18,20-21,34-35H,5-8,13-16H2,1-2H3,(H2,33,39)(H,36,40).